The van der Waals surface area contributed by atoms with Crippen molar-refractivity contribution in [1.82, 2.24) is 14.5 Å². The molecule has 1 fully saturated rings. The Labute approximate surface area is 174 Å². The Morgan fingerprint density at radius 2 is 1.96 bits per heavy atom. The van der Waals surface area contributed by atoms with E-state index in [2.05, 4.69) is 32.9 Å². The van der Waals surface area contributed by atoms with Crippen molar-refractivity contribution in [2.75, 3.05) is 11.9 Å². The van der Waals surface area contributed by atoms with Crippen LogP contribution in [0.1, 0.15) is 25.4 Å². The fraction of sp³-hybridized carbons (Fsp3) is 0.263. The zero-order valence-corrected chi connectivity index (χ0v) is 17.3. The third-order valence-corrected chi connectivity index (χ3v) is 5.76. The van der Waals surface area contributed by atoms with Gasteiger partial charge >= 0.3 is 11.7 Å². The molecule has 1 saturated heterocycles. The molecule has 2 amide bonds. The minimum atomic E-state index is -0.329. The highest BCUT2D eigenvalue weighted by Gasteiger charge is 2.30. The molecular formula is C19H18ClIN4O2. The summed E-state index contributed by atoms with van der Waals surface area (Å²) in [7, 11) is 0. The minimum Gasteiger partial charge on any atom is -0.308 e. The highest BCUT2D eigenvalue weighted by molar-refractivity contribution is 14.1. The monoisotopic (exact) mass is 496 g/mol. The number of amides is 2. The van der Waals surface area contributed by atoms with E-state index in [0.29, 0.717) is 17.1 Å². The molecule has 2 N–H and O–H groups in total. The van der Waals surface area contributed by atoms with Crippen molar-refractivity contribution in [2.24, 2.45) is 0 Å². The molecule has 1 aliphatic heterocycles. The van der Waals surface area contributed by atoms with Crippen molar-refractivity contribution in [3.8, 4) is 0 Å². The van der Waals surface area contributed by atoms with E-state index in [-0.39, 0.29) is 17.9 Å². The van der Waals surface area contributed by atoms with E-state index >= 15 is 0 Å². The van der Waals surface area contributed by atoms with E-state index in [1.807, 2.05) is 30.3 Å². The van der Waals surface area contributed by atoms with E-state index in [9.17, 15) is 9.59 Å². The van der Waals surface area contributed by atoms with Crippen LogP contribution in [-0.4, -0.2) is 27.0 Å². The van der Waals surface area contributed by atoms with Gasteiger partial charge in [-0.3, -0.25) is 4.57 Å². The molecular weight excluding hydrogens is 479 g/mol. The summed E-state index contributed by atoms with van der Waals surface area (Å²) in [6, 6.07) is 12.7. The number of anilines is 1. The number of likely N-dealkylation sites (tertiary alicyclic amines) is 1. The quantitative estimate of drug-likeness (QED) is 0.500. The predicted octanol–water partition coefficient (Wildman–Crippen LogP) is 4.80. The summed E-state index contributed by atoms with van der Waals surface area (Å²) in [5, 5.41) is 3.51. The van der Waals surface area contributed by atoms with Gasteiger partial charge in [0.1, 0.15) is 6.17 Å². The highest BCUT2D eigenvalue weighted by atomic mass is 127. The molecule has 27 heavy (non-hydrogen) atoms. The third-order valence-electron chi connectivity index (χ3n) is 4.80. The zero-order chi connectivity index (χ0) is 19.0. The van der Waals surface area contributed by atoms with Crippen LogP contribution in [0.25, 0.3) is 11.0 Å². The molecule has 4 rings (SSSR count). The molecule has 0 aliphatic carbocycles. The average Bonchev–Trinajstić information content (AvgIpc) is 2.98. The number of carbonyl (C=O) groups is 1. The first kappa shape index (κ1) is 18.4. The first-order chi connectivity index (χ1) is 13.0. The van der Waals surface area contributed by atoms with Gasteiger partial charge in [0.05, 0.1) is 11.0 Å². The van der Waals surface area contributed by atoms with Crippen LogP contribution in [0, 0.1) is 3.57 Å². The van der Waals surface area contributed by atoms with Gasteiger partial charge in [0.2, 0.25) is 0 Å². The van der Waals surface area contributed by atoms with Crippen LogP contribution in [0.2, 0.25) is 5.02 Å². The molecule has 3 aromatic rings. The number of fused-ring (bicyclic) bond motifs is 1. The van der Waals surface area contributed by atoms with Gasteiger partial charge in [0, 0.05) is 20.8 Å². The second kappa shape index (κ2) is 7.55. The van der Waals surface area contributed by atoms with Crippen molar-refractivity contribution < 1.29 is 4.79 Å². The van der Waals surface area contributed by atoms with Crippen molar-refractivity contribution in [1.29, 1.82) is 0 Å². The van der Waals surface area contributed by atoms with Crippen LogP contribution in [0.15, 0.2) is 47.3 Å². The lowest BCUT2D eigenvalue weighted by atomic mass is 10.1. The summed E-state index contributed by atoms with van der Waals surface area (Å²) in [5.41, 5.74) is 1.94. The maximum atomic E-state index is 12.9. The lowest BCUT2D eigenvalue weighted by Crippen LogP contribution is -2.45. The van der Waals surface area contributed by atoms with Crippen LogP contribution in [0.4, 0.5) is 10.5 Å². The van der Waals surface area contributed by atoms with E-state index in [1.165, 1.54) is 0 Å². The Morgan fingerprint density at radius 3 is 2.74 bits per heavy atom. The number of piperidine rings is 1. The molecule has 1 aromatic heterocycles. The topological polar surface area (TPSA) is 70.1 Å². The Balaban J connectivity index is 1.67. The summed E-state index contributed by atoms with van der Waals surface area (Å²) in [5.74, 6) is 0. The predicted molar refractivity (Wildman–Crippen MR) is 115 cm³/mol. The molecule has 1 atom stereocenters. The second-order valence-electron chi connectivity index (χ2n) is 6.57. The lowest BCUT2D eigenvalue weighted by molar-refractivity contribution is 0.126. The molecule has 0 spiro atoms. The van der Waals surface area contributed by atoms with Crippen LogP contribution in [0.3, 0.4) is 0 Å². The fourth-order valence-electron chi connectivity index (χ4n) is 3.55. The van der Waals surface area contributed by atoms with E-state index < -0.39 is 0 Å². The van der Waals surface area contributed by atoms with Crippen LogP contribution in [0.5, 0.6) is 0 Å². The number of benzene rings is 2. The van der Waals surface area contributed by atoms with Crippen molar-refractivity contribution in [3.05, 3.63) is 61.5 Å². The van der Waals surface area contributed by atoms with Crippen LogP contribution >= 0.6 is 34.2 Å². The number of H-pyrrole nitrogens is 1. The molecule has 140 valence electrons. The van der Waals surface area contributed by atoms with Crippen molar-refractivity contribution in [2.45, 2.75) is 25.4 Å². The molecule has 8 heteroatoms. The summed E-state index contributed by atoms with van der Waals surface area (Å²) >= 11 is 8.26. The first-order valence-corrected chi connectivity index (χ1v) is 10.2. The molecule has 0 radical (unpaired) electrons. The van der Waals surface area contributed by atoms with Crippen LogP contribution < -0.4 is 11.0 Å². The molecule has 1 aliphatic rings. The Morgan fingerprint density at radius 1 is 1.19 bits per heavy atom. The smallest absolute Gasteiger partial charge is 0.308 e. The summed E-state index contributed by atoms with van der Waals surface area (Å²) in [4.78, 5) is 30.1. The Bertz CT molecular complexity index is 1040. The lowest BCUT2D eigenvalue weighted by Gasteiger charge is -2.36. The normalized spacial score (nSPS) is 17.3. The van der Waals surface area contributed by atoms with Gasteiger partial charge in [0.25, 0.3) is 0 Å². The van der Waals surface area contributed by atoms with Crippen molar-refractivity contribution >= 4 is 56.9 Å². The van der Waals surface area contributed by atoms with Crippen LogP contribution in [-0.2, 0) is 0 Å². The number of hydrogen-bond acceptors (Lipinski definition) is 2. The van der Waals surface area contributed by atoms with Gasteiger partial charge < -0.3 is 15.2 Å². The second-order valence-corrected chi connectivity index (χ2v) is 8.25. The van der Waals surface area contributed by atoms with E-state index in [4.69, 9.17) is 11.6 Å². The number of nitrogens with zero attached hydrogens (tertiary/aromatic N) is 2. The minimum absolute atomic E-state index is 0.198. The molecule has 0 bridgehead atoms. The maximum absolute atomic E-state index is 12.9. The maximum Gasteiger partial charge on any atom is 0.328 e. The van der Waals surface area contributed by atoms with Gasteiger partial charge in [0.15, 0.2) is 0 Å². The number of halogens is 2. The van der Waals surface area contributed by atoms with E-state index in [0.717, 1.165) is 34.0 Å². The number of nitrogens with one attached hydrogen (secondary N) is 2. The standard InChI is InChI=1S/C19H18ClIN4O2/c20-12-4-9-16-15(11-12)23-19(27)25(16)17-3-1-2-10-24(17)18(26)22-14-7-5-13(21)6-8-14/h4-9,11,17H,1-3,10H2,(H,22,26)(H,23,27). The van der Waals surface area contributed by atoms with Gasteiger partial charge in [-0.05, 0) is 84.3 Å². The van der Waals surface area contributed by atoms with Gasteiger partial charge in [-0.1, -0.05) is 11.6 Å². The molecule has 0 saturated carbocycles. The number of hydrogen-bond donors (Lipinski definition) is 2. The van der Waals surface area contributed by atoms with Gasteiger partial charge in [-0.15, -0.1) is 0 Å². The summed E-state index contributed by atoms with van der Waals surface area (Å²) < 4.78 is 2.77. The largest absolute Gasteiger partial charge is 0.328 e. The number of urea groups is 1. The highest BCUT2D eigenvalue weighted by Crippen LogP contribution is 2.29. The van der Waals surface area contributed by atoms with E-state index in [1.54, 1.807) is 21.6 Å². The molecule has 6 nitrogen and oxygen atoms in total. The number of carbonyl (C=O) groups excluding carboxylic acids is 1. The Kier molecular flexibility index (Phi) is 5.14. The molecule has 1 unspecified atom stereocenters. The number of imidazole rings is 1. The summed E-state index contributed by atoms with van der Waals surface area (Å²) in [6.07, 6.45) is 2.28. The SMILES string of the molecule is O=C(Nc1ccc(I)cc1)N1CCCCC1n1c(=O)[nH]c2cc(Cl)ccc21. The number of aromatic amines is 1. The number of rotatable bonds is 2. The summed E-state index contributed by atoms with van der Waals surface area (Å²) in [6.45, 7) is 0.605. The number of aromatic nitrogens is 2. The molecule has 2 heterocycles. The zero-order valence-electron chi connectivity index (χ0n) is 14.4. The van der Waals surface area contributed by atoms with Crippen molar-refractivity contribution in [3.63, 3.8) is 0 Å². The van der Waals surface area contributed by atoms with Gasteiger partial charge in [-0.25, -0.2) is 9.59 Å². The first-order valence-electron chi connectivity index (χ1n) is 8.76. The average molecular weight is 497 g/mol. The Hall–Kier alpha value is -2.00. The van der Waals surface area contributed by atoms with Gasteiger partial charge in [-0.2, -0.15) is 0 Å². The fourth-order valence-corrected chi connectivity index (χ4v) is 4.08. The third kappa shape index (κ3) is 3.70. The molecule has 2 aromatic carbocycles.